The van der Waals surface area contributed by atoms with Crippen molar-refractivity contribution in [3.05, 3.63) is 59.2 Å². The number of carbonyl (C=O) groups excluding carboxylic acids is 2. The molecule has 0 aliphatic rings. The molecule has 2 aromatic carbocycles. The van der Waals surface area contributed by atoms with Crippen LogP contribution in [0.1, 0.15) is 30.9 Å². The lowest BCUT2D eigenvalue weighted by Gasteiger charge is -2.10. The molecule has 2 aromatic rings. The number of carbonyl (C=O) groups is 2. The molecule has 0 spiro atoms. The second kappa shape index (κ2) is 12.0. The van der Waals surface area contributed by atoms with Crippen LogP contribution in [0.2, 0.25) is 0 Å². The molecule has 0 N–H and O–H groups in total. The molecule has 31 heavy (non-hydrogen) atoms. The van der Waals surface area contributed by atoms with E-state index in [0.29, 0.717) is 24.3 Å². The lowest BCUT2D eigenvalue weighted by Crippen LogP contribution is -2.10. The van der Waals surface area contributed by atoms with Crippen molar-refractivity contribution in [1.29, 1.82) is 5.26 Å². The molecule has 0 aliphatic carbocycles. The molecule has 0 fully saturated rings. The van der Waals surface area contributed by atoms with Crippen LogP contribution < -0.4 is 14.2 Å². The van der Waals surface area contributed by atoms with E-state index in [1.54, 1.807) is 25.1 Å². The Balaban J connectivity index is 1.93. The van der Waals surface area contributed by atoms with Gasteiger partial charge >= 0.3 is 11.9 Å². The van der Waals surface area contributed by atoms with E-state index < -0.39 is 11.9 Å². The molecule has 0 aromatic heterocycles. The van der Waals surface area contributed by atoms with E-state index in [1.165, 1.54) is 13.2 Å². The minimum absolute atomic E-state index is 0.137. The van der Waals surface area contributed by atoms with Crippen molar-refractivity contribution in [2.75, 3.05) is 20.3 Å². The van der Waals surface area contributed by atoms with Gasteiger partial charge in [0.25, 0.3) is 0 Å². The summed E-state index contributed by atoms with van der Waals surface area (Å²) in [6, 6.07) is 14.2. The number of nitrogens with zero attached hydrogens (tertiary/aromatic N) is 1. The molecule has 0 heterocycles. The Morgan fingerprint density at radius 2 is 1.84 bits per heavy atom. The van der Waals surface area contributed by atoms with Gasteiger partial charge in [-0.05, 0) is 56.2 Å². The highest BCUT2D eigenvalue weighted by atomic mass is 16.6. The fraction of sp³-hybridized carbons (Fsp3) is 0.292. The number of hydrogen-bond acceptors (Lipinski definition) is 7. The molecule has 0 radical (unpaired) electrons. The third-order valence-electron chi connectivity index (χ3n) is 4.15. The maximum atomic E-state index is 12.2. The van der Waals surface area contributed by atoms with Crippen LogP contribution in [0, 0.1) is 18.3 Å². The van der Waals surface area contributed by atoms with E-state index in [2.05, 4.69) is 0 Å². The first kappa shape index (κ1) is 23.5. The normalized spacial score (nSPS) is 10.7. The summed E-state index contributed by atoms with van der Waals surface area (Å²) in [5, 5.41) is 9.14. The fourth-order valence-electron chi connectivity index (χ4n) is 2.59. The van der Waals surface area contributed by atoms with E-state index in [9.17, 15) is 9.59 Å². The molecule has 0 unspecified atom stereocenters. The van der Waals surface area contributed by atoms with Crippen LogP contribution in [-0.2, 0) is 14.3 Å². The second-order valence-electron chi connectivity index (χ2n) is 6.54. The molecule has 0 atom stereocenters. The third kappa shape index (κ3) is 7.52. The predicted molar refractivity (Wildman–Crippen MR) is 115 cm³/mol. The quantitative estimate of drug-likeness (QED) is 0.185. The van der Waals surface area contributed by atoms with Crippen LogP contribution in [0.4, 0.5) is 0 Å². The fourth-order valence-corrected chi connectivity index (χ4v) is 2.59. The Bertz CT molecular complexity index is 973. The molecule has 0 bridgehead atoms. The van der Waals surface area contributed by atoms with Gasteiger partial charge in [-0.1, -0.05) is 23.8 Å². The van der Waals surface area contributed by atoms with Gasteiger partial charge in [-0.3, -0.25) is 4.79 Å². The molecule has 2 rings (SSSR count). The summed E-state index contributed by atoms with van der Waals surface area (Å²) in [7, 11) is 1.44. The van der Waals surface area contributed by atoms with Gasteiger partial charge in [-0.15, -0.1) is 0 Å². The molecular weight excluding hydrogens is 398 g/mol. The van der Waals surface area contributed by atoms with Crippen LogP contribution in [0.5, 0.6) is 17.2 Å². The predicted octanol–water partition coefficient (Wildman–Crippen LogP) is 4.24. The number of esters is 2. The van der Waals surface area contributed by atoms with Crippen molar-refractivity contribution in [3.8, 4) is 23.3 Å². The number of methoxy groups -OCH3 is 1. The summed E-state index contributed by atoms with van der Waals surface area (Å²) in [4.78, 5) is 23.9. The van der Waals surface area contributed by atoms with Crippen LogP contribution >= 0.6 is 0 Å². The molecular formula is C24H25NO6. The van der Waals surface area contributed by atoms with Gasteiger partial charge in [0.1, 0.15) is 17.4 Å². The number of rotatable bonds is 10. The summed E-state index contributed by atoms with van der Waals surface area (Å²) in [6.45, 7) is 4.23. The monoisotopic (exact) mass is 423 g/mol. The molecule has 7 nitrogen and oxygen atoms in total. The molecule has 0 saturated carbocycles. The number of ether oxygens (including phenoxy) is 4. The van der Waals surface area contributed by atoms with Crippen molar-refractivity contribution < 1.29 is 28.5 Å². The van der Waals surface area contributed by atoms with Gasteiger partial charge in [-0.2, -0.15) is 5.26 Å². The first-order valence-corrected chi connectivity index (χ1v) is 9.84. The Hall–Kier alpha value is -3.79. The SMILES string of the molecule is CCOC(=O)/C(C#N)=C/c1ccc(OC(=O)CCCOc2ccc(C)cc2)c(OC)c1. The maximum absolute atomic E-state index is 12.2. The van der Waals surface area contributed by atoms with Crippen molar-refractivity contribution in [1.82, 2.24) is 0 Å². The second-order valence-corrected chi connectivity index (χ2v) is 6.54. The van der Waals surface area contributed by atoms with Gasteiger partial charge in [0, 0.05) is 6.42 Å². The molecule has 0 aliphatic heterocycles. The van der Waals surface area contributed by atoms with E-state index in [1.807, 2.05) is 37.3 Å². The van der Waals surface area contributed by atoms with E-state index >= 15 is 0 Å². The van der Waals surface area contributed by atoms with Crippen molar-refractivity contribution in [3.63, 3.8) is 0 Å². The average molecular weight is 423 g/mol. The lowest BCUT2D eigenvalue weighted by molar-refractivity contribution is -0.138. The van der Waals surface area contributed by atoms with Gasteiger partial charge in [0.2, 0.25) is 0 Å². The van der Waals surface area contributed by atoms with Gasteiger partial charge in [-0.25, -0.2) is 4.79 Å². The van der Waals surface area contributed by atoms with Gasteiger partial charge in [0.15, 0.2) is 11.5 Å². The summed E-state index contributed by atoms with van der Waals surface area (Å²) < 4.78 is 21.1. The molecule has 0 saturated heterocycles. The van der Waals surface area contributed by atoms with Crippen LogP contribution in [0.15, 0.2) is 48.0 Å². The Labute approximate surface area is 181 Å². The van der Waals surface area contributed by atoms with E-state index in [0.717, 1.165) is 11.3 Å². The van der Waals surface area contributed by atoms with E-state index in [-0.39, 0.29) is 24.4 Å². The summed E-state index contributed by atoms with van der Waals surface area (Å²) >= 11 is 0. The first-order chi connectivity index (χ1) is 15.0. The topological polar surface area (TPSA) is 94.9 Å². The largest absolute Gasteiger partial charge is 0.494 e. The highest BCUT2D eigenvalue weighted by molar-refractivity contribution is 5.98. The number of benzene rings is 2. The molecule has 0 amide bonds. The summed E-state index contributed by atoms with van der Waals surface area (Å²) in [5.74, 6) is 0.187. The number of nitriles is 1. The number of hydrogen-bond donors (Lipinski definition) is 0. The van der Waals surface area contributed by atoms with Gasteiger partial charge < -0.3 is 18.9 Å². The minimum atomic E-state index is -0.702. The highest BCUT2D eigenvalue weighted by Crippen LogP contribution is 2.29. The lowest BCUT2D eigenvalue weighted by atomic mass is 10.1. The zero-order valence-electron chi connectivity index (χ0n) is 17.8. The minimum Gasteiger partial charge on any atom is -0.494 e. The zero-order valence-corrected chi connectivity index (χ0v) is 17.8. The number of aryl methyl sites for hydroxylation is 1. The average Bonchev–Trinajstić information content (AvgIpc) is 2.77. The van der Waals surface area contributed by atoms with Crippen molar-refractivity contribution in [2.24, 2.45) is 0 Å². The summed E-state index contributed by atoms with van der Waals surface area (Å²) in [6.07, 6.45) is 2.06. The smallest absolute Gasteiger partial charge is 0.348 e. The van der Waals surface area contributed by atoms with Crippen LogP contribution in [-0.4, -0.2) is 32.3 Å². The Kier molecular flexibility index (Phi) is 9.12. The highest BCUT2D eigenvalue weighted by Gasteiger charge is 2.13. The van der Waals surface area contributed by atoms with Crippen molar-refractivity contribution >= 4 is 18.0 Å². The maximum Gasteiger partial charge on any atom is 0.348 e. The van der Waals surface area contributed by atoms with Gasteiger partial charge in [0.05, 0.1) is 20.3 Å². The van der Waals surface area contributed by atoms with E-state index in [4.69, 9.17) is 24.2 Å². The van der Waals surface area contributed by atoms with Crippen molar-refractivity contribution in [2.45, 2.75) is 26.7 Å². The Morgan fingerprint density at radius 3 is 2.48 bits per heavy atom. The summed E-state index contributed by atoms with van der Waals surface area (Å²) in [5.41, 5.74) is 1.55. The molecule has 162 valence electrons. The third-order valence-corrected chi connectivity index (χ3v) is 4.15. The molecule has 7 heteroatoms. The standard InChI is InChI=1S/C24H25NO6/c1-4-29-24(27)19(16-25)14-18-9-12-21(22(15-18)28-3)31-23(26)6-5-13-30-20-10-7-17(2)8-11-20/h7-12,14-15H,4-6,13H2,1-3H3/b19-14+. The first-order valence-electron chi connectivity index (χ1n) is 9.84. The Morgan fingerprint density at radius 1 is 1.10 bits per heavy atom. The van der Waals surface area contributed by atoms with Crippen LogP contribution in [0.3, 0.4) is 0 Å². The zero-order chi connectivity index (χ0) is 22.6. The van der Waals surface area contributed by atoms with Crippen LogP contribution in [0.25, 0.3) is 6.08 Å².